The fraction of sp³-hybridized carbons (Fsp3) is 0.647. The molecule has 2 heterocycles. The molecule has 2 saturated heterocycles. The van der Waals surface area contributed by atoms with Crippen LogP contribution in [0.15, 0.2) is 24.3 Å². The first-order valence-electron chi connectivity index (χ1n) is 8.31. The van der Waals surface area contributed by atoms with Gasteiger partial charge in [0.1, 0.15) is 0 Å². The van der Waals surface area contributed by atoms with E-state index < -0.39 is 0 Å². The summed E-state index contributed by atoms with van der Waals surface area (Å²) >= 11 is 0. The first-order valence-corrected chi connectivity index (χ1v) is 8.31. The second-order valence-electron chi connectivity index (χ2n) is 6.31. The van der Waals surface area contributed by atoms with Crippen molar-refractivity contribution < 1.29 is 0 Å². The quantitative estimate of drug-likeness (QED) is 0.894. The van der Waals surface area contributed by atoms with Gasteiger partial charge in [0.05, 0.1) is 0 Å². The average molecular weight is 288 g/mol. The zero-order valence-electron chi connectivity index (χ0n) is 13.2. The van der Waals surface area contributed by atoms with Gasteiger partial charge >= 0.3 is 0 Å². The average Bonchev–Trinajstić information content (AvgIpc) is 3.04. The second kappa shape index (κ2) is 7.14. The maximum Gasteiger partial charge on any atom is 0.0367 e. The van der Waals surface area contributed by atoms with Crippen molar-refractivity contribution in [2.45, 2.75) is 12.8 Å². The van der Waals surface area contributed by atoms with E-state index in [0.717, 1.165) is 13.1 Å². The van der Waals surface area contributed by atoms with Crippen LogP contribution in [0, 0.1) is 0 Å². The molecule has 4 nitrogen and oxygen atoms in total. The summed E-state index contributed by atoms with van der Waals surface area (Å²) in [6, 6.07) is 8.95. The predicted molar refractivity (Wildman–Crippen MR) is 90.3 cm³/mol. The molecule has 21 heavy (non-hydrogen) atoms. The lowest BCUT2D eigenvalue weighted by Crippen LogP contribution is -2.45. The molecular weight excluding hydrogens is 260 g/mol. The third kappa shape index (κ3) is 4.11. The van der Waals surface area contributed by atoms with Crippen LogP contribution in [0.4, 0.5) is 11.4 Å². The monoisotopic (exact) mass is 288 g/mol. The van der Waals surface area contributed by atoms with Crippen molar-refractivity contribution in [2.75, 3.05) is 69.6 Å². The van der Waals surface area contributed by atoms with E-state index in [1.807, 2.05) is 0 Å². The zero-order valence-corrected chi connectivity index (χ0v) is 13.2. The SMILES string of the molecule is CN1CCN(CCNc2ccc(N3CCCC3)cc2)CC1. The molecule has 0 bridgehead atoms. The number of nitrogens with one attached hydrogen (secondary N) is 1. The molecule has 1 aromatic carbocycles. The number of anilines is 2. The summed E-state index contributed by atoms with van der Waals surface area (Å²) in [6.45, 7) is 9.41. The molecule has 0 aliphatic carbocycles. The summed E-state index contributed by atoms with van der Waals surface area (Å²) in [4.78, 5) is 7.43. The van der Waals surface area contributed by atoms with Gasteiger partial charge in [-0.15, -0.1) is 0 Å². The summed E-state index contributed by atoms with van der Waals surface area (Å²) in [5.41, 5.74) is 2.61. The molecule has 0 unspecified atom stereocenters. The van der Waals surface area contributed by atoms with E-state index in [1.165, 1.54) is 63.5 Å². The van der Waals surface area contributed by atoms with Crippen LogP contribution in [-0.4, -0.2) is 69.2 Å². The van der Waals surface area contributed by atoms with Crippen LogP contribution in [-0.2, 0) is 0 Å². The van der Waals surface area contributed by atoms with E-state index >= 15 is 0 Å². The number of rotatable bonds is 5. The van der Waals surface area contributed by atoms with E-state index in [2.05, 4.69) is 51.3 Å². The van der Waals surface area contributed by atoms with Crippen molar-refractivity contribution in [1.29, 1.82) is 0 Å². The van der Waals surface area contributed by atoms with E-state index in [4.69, 9.17) is 0 Å². The molecule has 0 spiro atoms. The Labute approximate surface area is 128 Å². The van der Waals surface area contributed by atoms with Crippen LogP contribution in [0.1, 0.15) is 12.8 Å². The molecule has 0 saturated carbocycles. The normalized spacial score (nSPS) is 20.9. The highest BCUT2D eigenvalue weighted by molar-refractivity contribution is 5.55. The van der Waals surface area contributed by atoms with Crippen LogP contribution in [0.5, 0.6) is 0 Å². The van der Waals surface area contributed by atoms with Crippen molar-refractivity contribution in [2.24, 2.45) is 0 Å². The first kappa shape index (κ1) is 14.7. The van der Waals surface area contributed by atoms with Gasteiger partial charge in [-0.05, 0) is 44.2 Å². The molecule has 1 aromatic rings. The molecule has 3 rings (SSSR count). The molecule has 116 valence electrons. The molecular formula is C17H28N4. The lowest BCUT2D eigenvalue weighted by Gasteiger charge is -2.32. The Morgan fingerprint density at radius 3 is 2.24 bits per heavy atom. The Balaban J connectivity index is 1.41. The highest BCUT2D eigenvalue weighted by atomic mass is 15.2. The molecule has 0 amide bonds. The lowest BCUT2D eigenvalue weighted by molar-refractivity contribution is 0.158. The molecule has 2 aliphatic rings. The minimum absolute atomic E-state index is 1.03. The van der Waals surface area contributed by atoms with Crippen LogP contribution >= 0.6 is 0 Å². The maximum absolute atomic E-state index is 3.55. The largest absolute Gasteiger partial charge is 0.384 e. The molecule has 4 heteroatoms. The smallest absolute Gasteiger partial charge is 0.0367 e. The van der Waals surface area contributed by atoms with Crippen molar-refractivity contribution in [3.05, 3.63) is 24.3 Å². The zero-order chi connectivity index (χ0) is 14.5. The second-order valence-corrected chi connectivity index (χ2v) is 6.31. The van der Waals surface area contributed by atoms with Gasteiger partial charge in [-0.1, -0.05) is 0 Å². The van der Waals surface area contributed by atoms with E-state index in [9.17, 15) is 0 Å². The van der Waals surface area contributed by atoms with Gasteiger partial charge in [0.15, 0.2) is 0 Å². The van der Waals surface area contributed by atoms with Crippen molar-refractivity contribution >= 4 is 11.4 Å². The standard InChI is InChI=1S/C17H28N4/c1-19-12-14-20(15-13-19)11-8-18-16-4-6-17(7-5-16)21-9-2-3-10-21/h4-7,18H,2-3,8-15H2,1H3. The minimum Gasteiger partial charge on any atom is -0.384 e. The summed E-state index contributed by atoms with van der Waals surface area (Å²) in [7, 11) is 2.21. The summed E-state index contributed by atoms with van der Waals surface area (Å²) in [5, 5.41) is 3.55. The van der Waals surface area contributed by atoms with Crippen LogP contribution in [0.2, 0.25) is 0 Å². The van der Waals surface area contributed by atoms with E-state index in [1.54, 1.807) is 0 Å². The molecule has 2 aliphatic heterocycles. The molecule has 0 atom stereocenters. The summed E-state index contributed by atoms with van der Waals surface area (Å²) in [6.07, 6.45) is 2.68. The van der Waals surface area contributed by atoms with Crippen molar-refractivity contribution in [1.82, 2.24) is 9.80 Å². The van der Waals surface area contributed by atoms with Gasteiger partial charge in [-0.3, -0.25) is 4.90 Å². The summed E-state index contributed by atoms with van der Waals surface area (Å²) in [5.74, 6) is 0. The number of piperazine rings is 1. The Morgan fingerprint density at radius 2 is 1.57 bits per heavy atom. The van der Waals surface area contributed by atoms with Crippen LogP contribution in [0.3, 0.4) is 0 Å². The third-order valence-corrected chi connectivity index (χ3v) is 4.69. The Bertz CT molecular complexity index is 417. The number of benzene rings is 1. The van der Waals surface area contributed by atoms with Gasteiger partial charge in [-0.2, -0.15) is 0 Å². The van der Waals surface area contributed by atoms with E-state index in [-0.39, 0.29) is 0 Å². The van der Waals surface area contributed by atoms with Crippen LogP contribution in [0.25, 0.3) is 0 Å². The van der Waals surface area contributed by atoms with Crippen molar-refractivity contribution in [3.8, 4) is 0 Å². The van der Waals surface area contributed by atoms with Gasteiger partial charge < -0.3 is 15.1 Å². The topological polar surface area (TPSA) is 21.8 Å². The predicted octanol–water partition coefficient (Wildman–Crippen LogP) is 1.95. The number of nitrogens with zero attached hydrogens (tertiary/aromatic N) is 3. The Hall–Kier alpha value is -1.26. The maximum atomic E-state index is 3.55. The number of hydrogen-bond acceptors (Lipinski definition) is 4. The fourth-order valence-electron chi connectivity index (χ4n) is 3.20. The van der Waals surface area contributed by atoms with Crippen LogP contribution < -0.4 is 10.2 Å². The molecule has 0 radical (unpaired) electrons. The summed E-state index contributed by atoms with van der Waals surface area (Å²) < 4.78 is 0. The van der Waals surface area contributed by atoms with Gasteiger partial charge in [-0.25, -0.2) is 0 Å². The van der Waals surface area contributed by atoms with Gasteiger partial charge in [0, 0.05) is 63.7 Å². The fourth-order valence-corrected chi connectivity index (χ4v) is 3.20. The number of likely N-dealkylation sites (N-methyl/N-ethyl adjacent to an activating group) is 1. The highest BCUT2D eigenvalue weighted by Gasteiger charge is 2.13. The Kier molecular flexibility index (Phi) is 4.99. The Morgan fingerprint density at radius 1 is 0.905 bits per heavy atom. The van der Waals surface area contributed by atoms with E-state index in [0.29, 0.717) is 0 Å². The van der Waals surface area contributed by atoms with Gasteiger partial charge in [0.25, 0.3) is 0 Å². The lowest BCUT2D eigenvalue weighted by atomic mass is 10.2. The molecule has 0 aromatic heterocycles. The minimum atomic E-state index is 1.03. The molecule has 2 fully saturated rings. The van der Waals surface area contributed by atoms with Gasteiger partial charge in [0.2, 0.25) is 0 Å². The molecule has 1 N–H and O–H groups in total. The third-order valence-electron chi connectivity index (χ3n) is 4.69. The van der Waals surface area contributed by atoms with Crippen molar-refractivity contribution in [3.63, 3.8) is 0 Å². The number of hydrogen-bond donors (Lipinski definition) is 1. The highest BCUT2D eigenvalue weighted by Crippen LogP contribution is 2.21. The first-order chi connectivity index (χ1) is 10.3.